The number of aromatic nitrogens is 2. The van der Waals surface area contributed by atoms with Crippen LogP contribution >= 0.6 is 0 Å². The molecule has 1 aromatic rings. The van der Waals surface area contributed by atoms with Gasteiger partial charge in [0.2, 0.25) is 11.9 Å². The molecule has 0 bridgehead atoms. The minimum absolute atomic E-state index is 0.0565. The molecule has 0 aromatic carbocycles. The Morgan fingerprint density at radius 1 is 1.29 bits per heavy atom. The number of rotatable bonds is 2. The molecule has 8 nitrogen and oxygen atoms in total. The van der Waals surface area contributed by atoms with Crippen molar-refractivity contribution in [3.05, 3.63) is 11.8 Å². The second kappa shape index (κ2) is 7.83. The first kappa shape index (κ1) is 19.4. The Hall–Kier alpha value is -1.93. The summed E-state index contributed by atoms with van der Waals surface area (Å²) >= 11 is 0. The van der Waals surface area contributed by atoms with Gasteiger partial charge in [0.05, 0.1) is 6.10 Å². The number of amides is 1. The van der Waals surface area contributed by atoms with Gasteiger partial charge in [-0.15, -0.1) is 0 Å². The number of ether oxygens (including phenoxy) is 1. The Kier molecular flexibility index (Phi) is 5.42. The van der Waals surface area contributed by atoms with E-state index in [0.717, 1.165) is 37.8 Å². The molecule has 0 unspecified atom stereocenters. The van der Waals surface area contributed by atoms with E-state index in [4.69, 9.17) is 10.5 Å². The van der Waals surface area contributed by atoms with Crippen LogP contribution in [-0.2, 0) is 9.53 Å². The summed E-state index contributed by atoms with van der Waals surface area (Å²) in [7, 11) is 0. The Balaban J connectivity index is 1.51. The predicted molar refractivity (Wildman–Crippen MR) is 106 cm³/mol. The third-order valence-corrected chi connectivity index (χ3v) is 6.66. The van der Waals surface area contributed by atoms with E-state index in [-0.39, 0.29) is 17.2 Å². The van der Waals surface area contributed by atoms with Crippen molar-refractivity contribution < 1.29 is 14.6 Å². The Morgan fingerprint density at radius 3 is 2.82 bits per heavy atom. The zero-order valence-electron chi connectivity index (χ0n) is 16.6. The first-order valence-corrected chi connectivity index (χ1v) is 10.4. The van der Waals surface area contributed by atoms with E-state index in [1.165, 1.54) is 0 Å². The van der Waals surface area contributed by atoms with Crippen LogP contribution in [0.2, 0.25) is 0 Å². The summed E-state index contributed by atoms with van der Waals surface area (Å²) in [6.07, 6.45) is 5.39. The van der Waals surface area contributed by atoms with Gasteiger partial charge in [-0.2, -0.15) is 4.98 Å². The number of aliphatic hydroxyl groups excluding tert-OH is 1. The van der Waals surface area contributed by atoms with E-state index >= 15 is 0 Å². The number of piperidine rings is 2. The van der Waals surface area contributed by atoms with Crippen molar-refractivity contribution in [3.63, 3.8) is 0 Å². The zero-order chi connectivity index (χ0) is 19.7. The molecular weight excluding hydrogens is 358 g/mol. The number of nitrogens with zero attached hydrogens (tertiary/aromatic N) is 4. The highest BCUT2D eigenvalue weighted by Gasteiger charge is 2.47. The lowest BCUT2D eigenvalue weighted by Crippen LogP contribution is -2.60. The third kappa shape index (κ3) is 3.67. The number of aryl methyl sites for hydroxylation is 1. The van der Waals surface area contributed by atoms with Crippen molar-refractivity contribution in [2.24, 2.45) is 11.3 Å². The fourth-order valence-electron chi connectivity index (χ4n) is 4.87. The molecule has 3 fully saturated rings. The van der Waals surface area contributed by atoms with Gasteiger partial charge in [-0.3, -0.25) is 4.79 Å². The summed E-state index contributed by atoms with van der Waals surface area (Å²) in [5.41, 5.74) is 6.51. The lowest BCUT2D eigenvalue weighted by atomic mass is 9.71. The van der Waals surface area contributed by atoms with Gasteiger partial charge in [-0.1, -0.05) is 0 Å². The molecule has 4 rings (SSSR count). The number of carbonyl (C=O) groups excluding carboxylic acids is 1. The summed E-state index contributed by atoms with van der Waals surface area (Å²) in [5.74, 6) is 1.39. The molecule has 0 aliphatic carbocycles. The number of anilines is 2. The minimum atomic E-state index is -0.420. The molecule has 0 radical (unpaired) electrons. The zero-order valence-corrected chi connectivity index (χ0v) is 16.6. The van der Waals surface area contributed by atoms with E-state index in [2.05, 4.69) is 14.9 Å². The quantitative estimate of drug-likeness (QED) is 0.777. The third-order valence-electron chi connectivity index (χ3n) is 6.66. The molecule has 2 atom stereocenters. The first-order valence-electron chi connectivity index (χ1n) is 10.4. The van der Waals surface area contributed by atoms with Gasteiger partial charge in [-0.05, 0) is 39.0 Å². The van der Waals surface area contributed by atoms with Gasteiger partial charge in [0.15, 0.2) is 0 Å². The van der Waals surface area contributed by atoms with E-state index in [9.17, 15) is 9.90 Å². The van der Waals surface area contributed by atoms with Gasteiger partial charge in [-0.25, -0.2) is 4.98 Å². The fourth-order valence-corrected chi connectivity index (χ4v) is 4.87. The van der Waals surface area contributed by atoms with Crippen LogP contribution in [0.25, 0.3) is 0 Å². The number of hydrogen-bond donors (Lipinski definition) is 2. The lowest BCUT2D eigenvalue weighted by molar-refractivity contribution is -0.145. The van der Waals surface area contributed by atoms with Gasteiger partial charge in [0.1, 0.15) is 5.82 Å². The van der Waals surface area contributed by atoms with Crippen LogP contribution in [0, 0.1) is 18.3 Å². The van der Waals surface area contributed by atoms with Gasteiger partial charge < -0.3 is 25.4 Å². The van der Waals surface area contributed by atoms with Crippen molar-refractivity contribution in [3.8, 4) is 0 Å². The van der Waals surface area contributed by atoms with Gasteiger partial charge >= 0.3 is 0 Å². The van der Waals surface area contributed by atoms with E-state index in [1.807, 2.05) is 11.8 Å². The van der Waals surface area contributed by atoms with Gasteiger partial charge in [0.25, 0.3) is 0 Å². The second-order valence-corrected chi connectivity index (χ2v) is 8.58. The maximum absolute atomic E-state index is 13.1. The molecule has 1 spiro atoms. The molecule has 4 heterocycles. The molecule has 3 aliphatic heterocycles. The predicted octanol–water partition coefficient (Wildman–Crippen LogP) is 0.974. The van der Waals surface area contributed by atoms with Crippen LogP contribution in [0.5, 0.6) is 0 Å². The molecular formula is C20H31N5O3. The number of carbonyl (C=O) groups is 1. The van der Waals surface area contributed by atoms with Crippen molar-refractivity contribution in [1.82, 2.24) is 14.9 Å². The number of hydrogen-bond acceptors (Lipinski definition) is 7. The second-order valence-electron chi connectivity index (χ2n) is 8.58. The SMILES string of the molecule is Cc1cnc(N2CC[C@@H](O)[C@]3(CCCN(C(=O)C4CCOCC4)C3)C2)nc1N. The molecule has 8 heteroatoms. The summed E-state index contributed by atoms with van der Waals surface area (Å²) < 4.78 is 5.40. The maximum Gasteiger partial charge on any atom is 0.227 e. The standard InChI is InChI=1S/C20H31N5O3/c1-14-11-22-19(23-17(14)21)25-8-3-16(26)20(13-25)6-2-7-24(12-20)18(27)15-4-9-28-10-5-15/h11,15-16,26H,2-10,12-13H2,1H3,(H2,21,22,23)/t16-,20+/m1/s1. The molecule has 3 aliphatic rings. The first-order chi connectivity index (χ1) is 13.5. The molecule has 1 amide bonds. The topological polar surface area (TPSA) is 105 Å². The normalized spacial score (nSPS) is 29.3. The van der Waals surface area contributed by atoms with Crippen LogP contribution in [0.1, 0.15) is 37.7 Å². The number of likely N-dealkylation sites (tertiary alicyclic amines) is 1. The van der Waals surface area contributed by atoms with Gasteiger partial charge in [0, 0.05) is 62.5 Å². The van der Waals surface area contributed by atoms with E-state index < -0.39 is 6.10 Å². The Labute approximate surface area is 166 Å². The lowest BCUT2D eigenvalue weighted by Gasteiger charge is -2.51. The number of nitrogen functional groups attached to an aromatic ring is 1. The monoisotopic (exact) mass is 389 g/mol. The molecule has 154 valence electrons. The van der Waals surface area contributed by atoms with E-state index in [1.54, 1.807) is 6.20 Å². The molecule has 3 saturated heterocycles. The van der Waals surface area contributed by atoms with Crippen molar-refractivity contribution in [2.45, 2.75) is 45.1 Å². The molecule has 3 N–H and O–H groups in total. The molecule has 0 saturated carbocycles. The average molecular weight is 390 g/mol. The number of nitrogens with two attached hydrogens (primary N) is 1. The highest BCUT2D eigenvalue weighted by Crippen LogP contribution is 2.40. The molecule has 28 heavy (non-hydrogen) atoms. The highest BCUT2D eigenvalue weighted by molar-refractivity contribution is 5.79. The van der Waals surface area contributed by atoms with Crippen molar-refractivity contribution in [1.29, 1.82) is 0 Å². The maximum atomic E-state index is 13.1. The van der Waals surface area contributed by atoms with E-state index in [0.29, 0.717) is 51.0 Å². The van der Waals surface area contributed by atoms with Crippen LogP contribution in [0.15, 0.2) is 6.20 Å². The summed E-state index contributed by atoms with van der Waals surface area (Å²) in [6.45, 7) is 5.94. The van der Waals surface area contributed by atoms with Crippen LogP contribution < -0.4 is 10.6 Å². The molecule has 1 aromatic heterocycles. The smallest absolute Gasteiger partial charge is 0.227 e. The minimum Gasteiger partial charge on any atom is -0.392 e. The average Bonchev–Trinajstić information content (AvgIpc) is 2.72. The van der Waals surface area contributed by atoms with Crippen LogP contribution in [0.3, 0.4) is 0 Å². The Morgan fingerprint density at radius 2 is 2.07 bits per heavy atom. The van der Waals surface area contributed by atoms with Crippen LogP contribution in [0.4, 0.5) is 11.8 Å². The summed E-state index contributed by atoms with van der Waals surface area (Å²) in [4.78, 5) is 26.0. The number of aliphatic hydroxyl groups is 1. The summed E-state index contributed by atoms with van der Waals surface area (Å²) in [6, 6.07) is 0. The van der Waals surface area contributed by atoms with Crippen molar-refractivity contribution >= 4 is 17.7 Å². The Bertz CT molecular complexity index is 724. The largest absolute Gasteiger partial charge is 0.392 e. The fraction of sp³-hybridized carbons (Fsp3) is 0.750. The van der Waals surface area contributed by atoms with Crippen molar-refractivity contribution in [2.75, 3.05) is 50.0 Å². The van der Waals surface area contributed by atoms with Crippen LogP contribution in [-0.4, -0.2) is 71.4 Å². The summed E-state index contributed by atoms with van der Waals surface area (Å²) in [5, 5.41) is 10.9. The highest BCUT2D eigenvalue weighted by atomic mass is 16.5.